The fraction of sp³-hybridized carbons (Fsp3) is 0.417. The van der Waals surface area contributed by atoms with Crippen LogP contribution in [0.3, 0.4) is 0 Å². The van der Waals surface area contributed by atoms with Gasteiger partial charge in [0.05, 0.1) is 6.61 Å². The second kappa shape index (κ2) is 6.12. The Morgan fingerprint density at radius 3 is 2.94 bits per heavy atom. The first-order valence-corrected chi connectivity index (χ1v) is 5.36. The van der Waals surface area contributed by atoms with Crippen molar-refractivity contribution in [2.45, 2.75) is 19.4 Å². The number of nitrogens with one attached hydrogen (secondary N) is 1. The monoisotopic (exact) mass is 222 g/mol. The lowest BCUT2D eigenvalue weighted by molar-refractivity contribution is -0.120. The van der Waals surface area contributed by atoms with Gasteiger partial charge in [0.15, 0.2) is 0 Å². The van der Waals surface area contributed by atoms with Crippen molar-refractivity contribution in [2.75, 3.05) is 13.7 Å². The smallest absolute Gasteiger partial charge is 0.221 e. The standard InChI is InChI=1S/C12H18N2O2/c1-3-16-10-6-4-5-9(7-10)11(13)8-12(15)14-2/h4-7,11H,3,8,13H2,1-2H3,(H,14,15). The maximum absolute atomic E-state index is 11.2. The Kier molecular flexibility index (Phi) is 4.79. The van der Waals surface area contributed by atoms with E-state index in [1.807, 2.05) is 31.2 Å². The van der Waals surface area contributed by atoms with E-state index in [0.29, 0.717) is 6.61 Å². The predicted molar refractivity (Wildman–Crippen MR) is 63.2 cm³/mol. The van der Waals surface area contributed by atoms with E-state index in [0.717, 1.165) is 11.3 Å². The molecule has 0 saturated heterocycles. The van der Waals surface area contributed by atoms with E-state index in [1.165, 1.54) is 0 Å². The molecule has 16 heavy (non-hydrogen) atoms. The third-order valence-electron chi connectivity index (χ3n) is 2.28. The van der Waals surface area contributed by atoms with E-state index < -0.39 is 0 Å². The molecule has 4 heteroatoms. The van der Waals surface area contributed by atoms with E-state index in [4.69, 9.17) is 10.5 Å². The first kappa shape index (κ1) is 12.5. The van der Waals surface area contributed by atoms with Crippen LogP contribution in [0.25, 0.3) is 0 Å². The Bertz CT molecular complexity index is 353. The molecule has 3 N–H and O–H groups in total. The second-order valence-electron chi connectivity index (χ2n) is 3.49. The normalized spacial score (nSPS) is 11.9. The van der Waals surface area contributed by atoms with Crippen LogP contribution >= 0.6 is 0 Å². The predicted octanol–water partition coefficient (Wildman–Crippen LogP) is 1.22. The molecule has 1 unspecified atom stereocenters. The van der Waals surface area contributed by atoms with E-state index in [-0.39, 0.29) is 18.4 Å². The molecule has 1 rings (SSSR count). The Hall–Kier alpha value is -1.55. The quantitative estimate of drug-likeness (QED) is 0.787. The topological polar surface area (TPSA) is 64.3 Å². The molecule has 0 aliphatic heterocycles. The van der Waals surface area contributed by atoms with E-state index in [1.54, 1.807) is 7.05 Å². The Morgan fingerprint density at radius 1 is 1.56 bits per heavy atom. The molecule has 0 radical (unpaired) electrons. The number of carbonyl (C=O) groups excluding carboxylic acids is 1. The van der Waals surface area contributed by atoms with Gasteiger partial charge >= 0.3 is 0 Å². The molecular weight excluding hydrogens is 204 g/mol. The van der Waals surface area contributed by atoms with Crippen LogP contribution in [0.1, 0.15) is 24.9 Å². The summed E-state index contributed by atoms with van der Waals surface area (Å²) < 4.78 is 5.37. The lowest BCUT2D eigenvalue weighted by Gasteiger charge is -2.12. The van der Waals surface area contributed by atoms with Gasteiger partial charge in [-0.3, -0.25) is 4.79 Å². The van der Waals surface area contributed by atoms with Gasteiger partial charge in [-0.1, -0.05) is 12.1 Å². The van der Waals surface area contributed by atoms with Crippen molar-refractivity contribution in [2.24, 2.45) is 5.73 Å². The highest BCUT2D eigenvalue weighted by Gasteiger charge is 2.10. The summed E-state index contributed by atoms with van der Waals surface area (Å²) in [5.41, 5.74) is 6.83. The zero-order chi connectivity index (χ0) is 12.0. The highest BCUT2D eigenvalue weighted by atomic mass is 16.5. The zero-order valence-corrected chi connectivity index (χ0v) is 9.69. The van der Waals surface area contributed by atoms with Crippen molar-refractivity contribution in [1.29, 1.82) is 0 Å². The molecular formula is C12H18N2O2. The van der Waals surface area contributed by atoms with Crippen LogP contribution in [0.2, 0.25) is 0 Å². The number of nitrogens with two attached hydrogens (primary N) is 1. The minimum atomic E-state index is -0.291. The highest BCUT2D eigenvalue weighted by Crippen LogP contribution is 2.19. The molecule has 0 saturated carbocycles. The number of hydrogen-bond donors (Lipinski definition) is 2. The van der Waals surface area contributed by atoms with E-state index in [9.17, 15) is 4.79 Å². The molecule has 1 atom stereocenters. The van der Waals surface area contributed by atoms with Crippen molar-refractivity contribution in [1.82, 2.24) is 5.32 Å². The fourth-order valence-corrected chi connectivity index (χ4v) is 1.42. The Morgan fingerprint density at radius 2 is 2.31 bits per heavy atom. The molecule has 88 valence electrons. The van der Waals surface area contributed by atoms with Crippen LogP contribution in [-0.2, 0) is 4.79 Å². The summed E-state index contributed by atoms with van der Waals surface area (Å²) in [7, 11) is 1.60. The molecule has 0 aliphatic rings. The second-order valence-corrected chi connectivity index (χ2v) is 3.49. The van der Waals surface area contributed by atoms with Gasteiger partial charge in [-0.25, -0.2) is 0 Å². The van der Waals surface area contributed by atoms with Crippen LogP contribution in [0.15, 0.2) is 24.3 Å². The molecule has 0 fully saturated rings. The third-order valence-corrected chi connectivity index (χ3v) is 2.28. The van der Waals surface area contributed by atoms with Crippen molar-refractivity contribution in [3.8, 4) is 5.75 Å². The van der Waals surface area contributed by atoms with Crippen LogP contribution in [0, 0.1) is 0 Å². The lowest BCUT2D eigenvalue weighted by atomic mass is 10.0. The number of hydrogen-bond acceptors (Lipinski definition) is 3. The molecule has 1 aromatic rings. The summed E-state index contributed by atoms with van der Waals surface area (Å²) >= 11 is 0. The van der Waals surface area contributed by atoms with E-state index >= 15 is 0 Å². The third kappa shape index (κ3) is 3.55. The molecule has 0 aromatic heterocycles. The van der Waals surface area contributed by atoms with Gasteiger partial charge in [0.1, 0.15) is 5.75 Å². The average molecular weight is 222 g/mol. The lowest BCUT2D eigenvalue weighted by Crippen LogP contribution is -2.24. The maximum Gasteiger partial charge on any atom is 0.221 e. The minimum Gasteiger partial charge on any atom is -0.494 e. The van der Waals surface area contributed by atoms with Gasteiger partial charge in [0.25, 0.3) is 0 Å². The minimum absolute atomic E-state index is 0.0608. The average Bonchev–Trinajstić information content (AvgIpc) is 2.29. The van der Waals surface area contributed by atoms with Gasteiger partial charge in [-0.15, -0.1) is 0 Å². The van der Waals surface area contributed by atoms with Crippen LogP contribution in [-0.4, -0.2) is 19.6 Å². The summed E-state index contributed by atoms with van der Waals surface area (Å²) in [6, 6.07) is 7.23. The van der Waals surface area contributed by atoms with Crippen LogP contribution < -0.4 is 15.8 Å². The highest BCUT2D eigenvalue weighted by molar-refractivity contribution is 5.76. The number of amides is 1. The molecule has 0 aliphatic carbocycles. The van der Waals surface area contributed by atoms with Crippen LogP contribution in [0.4, 0.5) is 0 Å². The van der Waals surface area contributed by atoms with Crippen LogP contribution in [0.5, 0.6) is 5.75 Å². The van der Waals surface area contributed by atoms with E-state index in [2.05, 4.69) is 5.32 Å². The molecule has 1 aromatic carbocycles. The first-order valence-electron chi connectivity index (χ1n) is 5.36. The Balaban J connectivity index is 2.71. The summed E-state index contributed by atoms with van der Waals surface area (Å²) in [4.78, 5) is 11.2. The summed E-state index contributed by atoms with van der Waals surface area (Å²) in [5.74, 6) is 0.724. The summed E-state index contributed by atoms with van der Waals surface area (Å²) in [6.45, 7) is 2.55. The van der Waals surface area contributed by atoms with Crippen molar-refractivity contribution < 1.29 is 9.53 Å². The summed E-state index contributed by atoms with van der Waals surface area (Å²) in [6.07, 6.45) is 0.284. The number of carbonyl (C=O) groups is 1. The van der Waals surface area contributed by atoms with Gasteiger partial charge in [0.2, 0.25) is 5.91 Å². The van der Waals surface area contributed by atoms with Gasteiger partial charge in [-0.05, 0) is 24.6 Å². The molecule has 0 spiro atoms. The molecule has 4 nitrogen and oxygen atoms in total. The Labute approximate surface area is 95.8 Å². The van der Waals surface area contributed by atoms with Crippen molar-refractivity contribution >= 4 is 5.91 Å². The SMILES string of the molecule is CCOc1cccc(C(N)CC(=O)NC)c1. The maximum atomic E-state index is 11.2. The molecule has 0 bridgehead atoms. The molecule has 0 heterocycles. The number of rotatable bonds is 5. The van der Waals surface area contributed by atoms with Gasteiger partial charge < -0.3 is 15.8 Å². The van der Waals surface area contributed by atoms with Crippen molar-refractivity contribution in [3.05, 3.63) is 29.8 Å². The van der Waals surface area contributed by atoms with Gasteiger partial charge in [0, 0.05) is 19.5 Å². The zero-order valence-electron chi connectivity index (χ0n) is 9.69. The number of benzene rings is 1. The summed E-state index contributed by atoms with van der Waals surface area (Å²) in [5, 5.41) is 2.56. The number of ether oxygens (including phenoxy) is 1. The van der Waals surface area contributed by atoms with Gasteiger partial charge in [-0.2, -0.15) is 0 Å². The fourth-order valence-electron chi connectivity index (χ4n) is 1.42. The first-order chi connectivity index (χ1) is 7.67. The van der Waals surface area contributed by atoms with Crippen molar-refractivity contribution in [3.63, 3.8) is 0 Å². The molecule has 1 amide bonds. The largest absolute Gasteiger partial charge is 0.494 e.